The van der Waals surface area contributed by atoms with Crippen LogP contribution in [0.15, 0.2) is 102 Å². The number of hydrogen-bond acceptors (Lipinski definition) is 6. The molecule has 1 aromatic heterocycles. The first-order valence-electron chi connectivity index (χ1n) is 16.5. The Morgan fingerprint density at radius 2 is 1.50 bits per heavy atom. The van der Waals surface area contributed by atoms with Gasteiger partial charge in [0.1, 0.15) is 0 Å². The third kappa shape index (κ3) is 10.7. The van der Waals surface area contributed by atoms with E-state index in [-0.39, 0.29) is 23.3 Å². The van der Waals surface area contributed by atoms with E-state index in [1.807, 2.05) is 72.8 Å². The lowest BCUT2D eigenvalue weighted by Gasteiger charge is -2.24. The van der Waals surface area contributed by atoms with E-state index in [0.29, 0.717) is 44.7 Å². The van der Waals surface area contributed by atoms with E-state index in [2.05, 4.69) is 15.5 Å². The number of nitrogens with two attached hydrogens (primary N) is 1. The molecule has 10 nitrogen and oxygen atoms in total. The summed E-state index contributed by atoms with van der Waals surface area (Å²) in [5.41, 5.74) is 5.31. The molecule has 0 bridgehead atoms. The molecular formula is C37H44N6O4S. The van der Waals surface area contributed by atoms with Crippen LogP contribution in [0, 0.1) is 0 Å². The highest BCUT2D eigenvalue weighted by molar-refractivity contribution is 7.89. The van der Waals surface area contributed by atoms with Gasteiger partial charge in [0.25, 0.3) is 0 Å². The summed E-state index contributed by atoms with van der Waals surface area (Å²) in [5, 5.41) is 11.3. The lowest BCUT2D eigenvalue weighted by molar-refractivity contribution is -0.120. The number of pyridine rings is 1. The molecule has 3 aromatic carbocycles. The van der Waals surface area contributed by atoms with Crippen LogP contribution in [0.25, 0.3) is 11.3 Å². The van der Waals surface area contributed by atoms with Crippen molar-refractivity contribution in [2.45, 2.75) is 43.5 Å². The summed E-state index contributed by atoms with van der Waals surface area (Å²) >= 11 is 0. The van der Waals surface area contributed by atoms with Crippen LogP contribution in [0.3, 0.4) is 0 Å². The summed E-state index contributed by atoms with van der Waals surface area (Å²) < 4.78 is 23.3. The molecule has 5 rings (SSSR count). The minimum Gasteiger partial charge on any atom is -0.354 e. The van der Waals surface area contributed by atoms with Crippen molar-refractivity contribution in [3.8, 4) is 11.3 Å². The summed E-state index contributed by atoms with van der Waals surface area (Å²) in [5.74, 6) is -0.0409. The molecule has 0 unspecified atom stereocenters. The minimum absolute atomic E-state index is 0.0409. The molecule has 0 saturated carbocycles. The van der Waals surface area contributed by atoms with Gasteiger partial charge < -0.3 is 20.4 Å². The van der Waals surface area contributed by atoms with Crippen LogP contribution >= 0.6 is 0 Å². The molecule has 1 saturated heterocycles. The van der Waals surface area contributed by atoms with Crippen LogP contribution in [0.5, 0.6) is 0 Å². The monoisotopic (exact) mass is 668 g/mol. The van der Waals surface area contributed by atoms with Crippen LogP contribution in [0.4, 0.5) is 4.79 Å². The molecule has 252 valence electrons. The Hall–Kier alpha value is -4.58. The van der Waals surface area contributed by atoms with Gasteiger partial charge in [0.05, 0.1) is 22.7 Å². The third-order valence-electron chi connectivity index (χ3n) is 8.44. The SMILES string of the molecule is NS(=O)(=O)c1ccc(CCN(Cc2cccc(-c3cccc(CC(=O)NCCN4CCCC4)n3)c2)C(=O)NCCc2ccccc2)cc1. The molecule has 2 heterocycles. The van der Waals surface area contributed by atoms with Gasteiger partial charge in [0, 0.05) is 38.3 Å². The second kappa shape index (κ2) is 17.0. The standard InChI is InChI=1S/C37H44N6O4S/c38-48(46,47)34-16-14-30(15-17-34)19-24-43(37(45)40-20-18-29-8-2-1-3-9-29)28-31-10-6-11-32(26-31)35-13-7-12-33(41-35)27-36(44)39-21-25-42-22-4-5-23-42/h1-3,6-17,26H,4-5,18-25,27-28H2,(H,39,44)(H,40,45)(H2,38,46,47). The van der Waals surface area contributed by atoms with Crippen LogP contribution in [0.2, 0.25) is 0 Å². The molecule has 0 atom stereocenters. The average Bonchev–Trinajstić information content (AvgIpc) is 3.61. The molecule has 1 aliphatic heterocycles. The maximum absolute atomic E-state index is 13.5. The first-order valence-corrected chi connectivity index (χ1v) is 18.0. The van der Waals surface area contributed by atoms with E-state index in [0.717, 1.165) is 47.6 Å². The van der Waals surface area contributed by atoms with Crippen LogP contribution in [0.1, 0.15) is 35.2 Å². The number of amides is 3. The number of urea groups is 1. The van der Waals surface area contributed by atoms with Crippen LogP contribution in [-0.4, -0.2) is 74.4 Å². The highest BCUT2D eigenvalue weighted by Crippen LogP contribution is 2.20. The predicted octanol–water partition coefficient (Wildman–Crippen LogP) is 4.15. The lowest BCUT2D eigenvalue weighted by atomic mass is 10.1. The molecule has 0 spiro atoms. The van der Waals surface area contributed by atoms with Gasteiger partial charge in [-0.05, 0) is 85.8 Å². The van der Waals surface area contributed by atoms with E-state index in [1.165, 1.54) is 25.0 Å². The Morgan fingerprint density at radius 3 is 2.25 bits per heavy atom. The number of benzene rings is 3. The van der Waals surface area contributed by atoms with Crippen molar-refractivity contribution < 1.29 is 18.0 Å². The summed E-state index contributed by atoms with van der Waals surface area (Å²) in [4.78, 5) is 35.0. The number of aromatic nitrogens is 1. The smallest absolute Gasteiger partial charge is 0.317 e. The maximum Gasteiger partial charge on any atom is 0.317 e. The zero-order valence-electron chi connectivity index (χ0n) is 27.2. The average molecular weight is 669 g/mol. The molecule has 3 amide bonds. The first-order chi connectivity index (χ1) is 23.2. The van der Waals surface area contributed by atoms with E-state index < -0.39 is 10.0 Å². The molecule has 1 aliphatic rings. The van der Waals surface area contributed by atoms with E-state index in [1.54, 1.807) is 17.0 Å². The number of rotatable bonds is 15. The van der Waals surface area contributed by atoms with Crippen molar-refractivity contribution in [2.75, 3.05) is 39.3 Å². The lowest BCUT2D eigenvalue weighted by Crippen LogP contribution is -2.41. The van der Waals surface area contributed by atoms with E-state index >= 15 is 0 Å². The highest BCUT2D eigenvalue weighted by atomic mass is 32.2. The summed E-state index contributed by atoms with van der Waals surface area (Å²) in [6, 6.07) is 29.8. The summed E-state index contributed by atoms with van der Waals surface area (Å²) in [6.45, 7) is 4.98. The van der Waals surface area contributed by atoms with Gasteiger partial charge in [-0.3, -0.25) is 9.78 Å². The Balaban J connectivity index is 1.23. The Bertz CT molecular complexity index is 1760. The topological polar surface area (TPSA) is 138 Å². The molecule has 0 radical (unpaired) electrons. The number of primary sulfonamides is 1. The molecule has 4 N–H and O–H groups in total. The third-order valence-corrected chi connectivity index (χ3v) is 9.36. The van der Waals surface area contributed by atoms with Crippen LogP contribution < -0.4 is 15.8 Å². The van der Waals surface area contributed by atoms with Gasteiger partial charge in [-0.1, -0.05) is 66.7 Å². The quantitative estimate of drug-likeness (QED) is 0.174. The molecule has 1 fully saturated rings. The minimum atomic E-state index is -3.78. The fraction of sp³-hybridized carbons (Fsp3) is 0.324. The number of likely N-dealkylation sites (tertiary alicyclic amines) is 1. The zero-order chi connectivity index (χ0) is 33.8. The maximum atomic E-state index is 13.5. The Labute approximate surface area is 283 Å². The molecular weight excluding hydrogens is 625 g/mol. The summed E-state index contributed by atoms with van der Waals surface area (Å²) in [7, 11) is -3.78. The largest absolute Gasteiger partial charge is 0.354 e. The molecule has 0 aliphatic carbocycles. The van der Waals surface area contributed by atoms with Gasteiger partial charge in [0.2, 0.25) is 15.9 Å². The molecule has 48 heavy (non-hydrogen) atoms. The number of carbonyl (C=O) groups is 2. The van der Waals surface area contributed by atoms with Crippen molar-refractivity contribution in [2.24, 2.45) is 5.14 Å². The highest BCUT2D eigenvalue weighted by Gasteiger charge is 2.16. The van der Waals surface area contributed by atoms with Crippen molar-refractivity contribution in [1.29, 1.82) is 0 Å². The predicted molar refractivity (Wildman–Crippen MR) is 188 cm³/mol. The Kier molecular flexibility index (Phi) is 12.3. The van der Waals surface area contributed by atoms with E-state index in [4.69, 9.17) is 10.1 Å². The van der Waals surface area contributed by atoms with Crippen molar-refractivity contribution in [3.05, 3.63) is 119 Å². The van der Waals surface area contributed by atoms with Crippen molar-refractivity contribution in [1.82, 2.24) is 25.4 Å². The second-order valence-electron chi connectivity index (χ2n) is 12.1. The first kappa shape index (κ1) is 34.7. The van der Waals surface area contributed by atoms with Crippen molar-refractivity contribution >= 4 is 22.0 Å². The molecule has 11 heteroatoms. The van der Waals surface area contributed by atoms with Gasteiger partial charge in [0.15, 0.2) is 0 Å². The van der Waals surface area contributed by atoms with Gasteiger partial charge in [-0.25, -0.2) is 18.4 Å². The zero-order valence-corrected chi connectivity index (χ0v) is 28.0. The second-order valence-corrected chi connectivity index (χ2v) is 13.7. The Morgan fingerprint density at radius 1 is 0.792 bits per heavy atom. The van der Waals surface area contributed by atoms with Crippen LogP contribution in [-0.2, 0) is 40.6 Å². The van der Waals surface area contributed by atoms with Gasteiger partial charge in [-0.15, -0.1) is 0 Å². The van der Waals surface area contributed by atoms with Gasteiger partial charge in [-0.2, -0.15) is 0 Å². The normalized spacial score (nSPS) is 13.3. The number of carbonyl (C=O) groups excluding carboxylic acids is 2. The van der Waals surface area contributed by atoms with Crippen molar-refractivity contribution in [3.63, 3.8) is 0 Å². The number of nitrogens with zero attached hydrogens (tertiary/aromatic N) is 3. The fourth-order valence-electron chi connectivity index (χ4n) is 5.81. The number of nitrogens with one attached hydrogen (secondary N) is 2. The van der Waals surface area contributed by atoms with Gasteiger partial charge >= 0.3 is 6.03 Å². The fourth-order valence-corrected chi connectivity index (χ4v) is 6.32. The van der Waals surface area contributed by atoms with E-state index in [9.17, 15) is 18.0 Å². The summed E-state index contributed by atoms with van der Waals surface area (Å²) in [6.07, 6.45) is 3.91. The number of hydrogen-bond donors (Lipinski definition) is 3. The number of sulfonamides is 1. The molecule has 4 aromatic rings.